The molecule has 0 fully saturated rings. The van der Waals surface area contributed by atoms with Crippen LogP contribution in [0.2, 0.25) is 0 Å². The van der Waals surface area contributed by atoms with Crippen LogP contribution in [0, 0.1) is 0 Å². The van der Waals surface area contributed by atoms with E-state index in [1.165, 1.54) is 86.3 Å². The van der Waals surface area contributed by atoms with E-state index in [2.05, 4.69) is 42.4 Å². The molecule has 0 unspecified atom stereocenters. The number of unbranched alkanes of at least 4 members (excludes halogenated alkanes) is 8. The molecule has 0 saturated heterocycles. The topological polar surface area (TPSA) is 16.1 Å². The normalized spacial score (nSPS) is 11.6. The van der Waals surface area contributed by atoms with Crippen LogP contribution < -0.4 is 0 Å². The fourth-order valence-corrected chi connectivity index (χ4v) is 5.22. The Morgan fingerprint density at radius 3 is 2.04 bits per heavy atom. The average Bonchev–Trinajstić information content (AvgIpc) is 3.03. The van der Waals surface area contributed by atoms with Crippen LogP contribution in [0.4, 0.5) is 0 Å². The van der Waals surface area contributed by atoms with Crippen molar-refractivity contribution in [3.05, 3.63) is 24.3 Å². The highest BCUT2D eigenvalue weighted by molar-refractivity contribution is 7.98. The van der Waals surface area contributed by atoms with E-state index in [0.29, 0.717) is 0 Å². The summed E-state index contributed by atoms with van der Waals surface area (Å²) in [5.41, 5.74) is 1.14. The Hall–Kier alpha value is -0.580. The second-order valence-corrected chi connectivity index (χ2v) is 9.17. The lowest BCUT2D eigenvalue weighted by Gasteiger charge is -2.19. The first-order valence-corrected chi connectivity index (χ1v) is 11.7. The third-order valence-electron chi connectivity index (χ3n) is 4.50. The van der Waals surface area contributed by atoms with Crippen molar-refractivity contribution in [2.75, 3.05) is 13.1 Å². The molecule has 0 bridgehead atoms. The van der Waals surface area contributed by atoms with Crippen LogP contribution in [-0.2, 0) is 0 Å². The van der Waals surface area contributed by atoms with Gasteiger partial charge in [-0.15, -0.1) is 11.3 Å². The van der Waals surface area contributed by atoms with Gasteiger partial charge in [-0.2, -0.15) is 0 Å². The molecule has 140 valence electrons. The van der Waals surface area contributed by atoms with Crippen LogP contribution >= 0.6 is 23.3 Å². The van der Waals surface area contributed by atoms with E-state index in [-0.39, 0.29) is 0 Å². The molecule has 1 heterocycles. The van der Waals surface area contributed by atoms with Crippen LogP contribution in [-0.4, -0.2) is 22.4 Å². The molecule has 2 rings (SSSR count). The molecular formula is C21H34N2S2. The summed E-state index contributed by atoms with van der Waals surface area (Å²) in [6.45, 7) is 6.95. The molecule has 1 aromatic carbocycles. The molecule has 2 nitrogen and oxygen atoms in total. The zero-order chi connectivity index (χ0) is 17.7. The summed E-state index contributed by atoms with van der Waals surface area (Å²) < 4.78 is 5.06. The smallest absolute Gasteiger partial charge is 0.166 e. The minimum atomic E-state index is 1.14. The third-order valence-corrected chi connectivity index (χ3v) is 6.68. The molecule has 4 heteroatoms. The van der Waals surface area contributed by atoms with Gasteiger partial charge in [0.2, 0.25) is 0 Å². The maximum absolute atomic E-state index is 4.81. The maximum Gasteiger partial charge on any atom is 0.166 e. The number of nitrogens with zero attached hydrogens (tertiary/aromatic N) is 2. The monoisotopic (exact) mass is 378 g/mol. The van der Waals surface area contributed by atoms with E-state index in [1.807, 2.05) is 23.3 Å². The molecule has 25 heavy (non-hydrogen) atoms. The summed E-state index contributed by atoms with van der Waals surface area (Å²) in [5.74, 6) is 0. The van der Waals surface area contributed by atoms with Crippen molar-refractivity contribution in [1.82, 2.24) is 9.29 Å². The van der Waals surface area contributed by atoms with Crippen LogP contribution in [0.15, 0.2) is 28.6 Å². The molecule has 1 aromatic heterocycles. The Labute approximate surface area is 162 Å². The quantitative estimate of drug-likeness (QED) is 0.249. The number of fused-ring (bicyclic) bond motifs is 1. The van der Waals surface area contributed by atoms with E-state index in [0.717, 1.165) is 5.52 Å². The Kier molecular flexibility index (Phi) is 10.5. The van der Waals surface area contributed by atoms with Gasteiger partial charge in [0.25, 0.3) is 0 Å². The number of hydrogen-bond donors (Lipinski definition) is 0. The second kappa shape index (κ2) is 12.7. The Morgan fingerprint density at radius 2 is 1.44 bits per heavy atom. The number of hydrogen-bond acceptors (Lipinski definition) is 4. The van der Waals surface area contributed by atoms with Crippen molar-refractivity contribution in [3.63, 3.8) is 0 Å². The van der Waals surface area contributed by atoms with Crippen LogP contribution in [0.25, 0.3) is 10.2 Å². The number of benzene rings is 1. The predicted octanol–water partition coefficient (Wildman–Crippen LogP) is 7.55. The van der Waals surface area contributed by atoms with Gasteiger partial charge in [-0.1, -0.05) is 77.3 Å². The highest BCUT2D eigenvalue weighted by atomic mass is 32.2. The summed E-state index contributed by atoms with van der Waals surface area (Å²) in [4.78, 5) is 4.81. The molecule has 0 radical (unpaired) electrons. The zero-order valence-electron chi connectivity index (χ0n) is 16.0. The molecule has 0 saturated carbocycles. The summed E-state index contributed by atoms with van der Waals surface area (Å²) >= 11 is 3.71. The average molecular weight is 379 g/mol. The van der Waals surface area contributed by atoms with E-state index < -0.39 is 0 Å². The first kappa shape index (κ1) is 20.7. The van der Waals surface area contributed by atoms with Crippen molar-refractivity contribution in [2.45, 2.75) is 82.4 Å². The molecule has 0 aliphatic heterocycles. The van der Waals surface area contributed by atoms with Gasteiger partial charge >= 0.3 is 0 Å². The van der Waals surface area contributed by atoms with Gasteiger partial charge < -0.3 is 0 Å². The first-order chi connectivity index (χ1) is 12.3. The Balaban J connectivity index is 1.83. The molecular weight excluding hydrogens is 344 g/mol. The van der Waals surface area contributed by atoms with Crippen molar-refractivity contribution in [1.29, 1.82) is 0 Å². The van der Waals surface area contributed by atoms with Crippen LogP contribution in [0.3, 0.4) is 0 Å². The summed E-state index contributed by atoms with van der Waals surface area (Å²) in [7, 11) is 0. The van der Waals surface area contributed by atoms with Gasteiger partial charge in [0.05, 0.1) is 10.2 Å². The summed E-state index contributed by atoms with van der Waals surface area (Å²) in [6, 6.07) is 8.48. The SMILES string of the molecule is CCCCCCCN(CCCCCCC)Sc1nc2ccccc2s1. The van der Waals surface area contributed by atoms with Gasteiger partial charge in [0, 0.05) is 13.1 Å². The molecule has 0 atom stereocenters. The van der Waals surface area contributed by atoms with Gasteiger partial charge in [0.15, 0.2) is 4.34 Å². The van der Waals surface area contributed by atoms with Gasteiger partial charge in [-0.3, -0.25) is 0 Å². The minimum absolute atomic E-state index is 1.14. The predicted molar refractivity (Wildman–Crippen MR) is 115 cm³/mol. The largest absolute Gasteiger partial charge is 0.244 e. The zero-order valence-corrected chi connectivity index (χ0v) is 17.6. The number of para-hydroxylation sites is 1. The maximum atomic E-state index is 4.81. The third kappa shape index (κ3) is 8.10. The standard InChI is InChI=1S/C21H34N2S2/c1-3-5-7-9-13-17-23(18-14-10-8-6-4-2)25-21-22-19-15-11-12-16-20(19)24-21/h11-12,15-16H,3-10,13-14,17-18H2,1-2H3. The van der Waals surface area contributed by atoms with E-state index >= 15 is 0 Å². The van der Waals surface area contributed by atoms with Crippen LogP contribution in [0.5, 0.6) is 0 Å². The van der Waals surface area contributed by atoms with Crippen molar-refractivity contribution in [2.24, 2.45) is 0 Å². The van der Waals surface area contributed by atoms with Crippen molar-refractivity contribution >= 4 is 33.5 Å². The molecule has 0 N–H and O–H groups in total. The second-order valence-electron chi connectivity index (χ2n) is 6.80. The lowest BCUT2D eigenvalue weighted by atomic mass is 10.1. The van der Waals surface area contributed by atoms with Gasteiger partial charge in [-0.25, -0.2) is 9.29 Å². The molecule has 0 spiro atoms. The van der Waals surface area contributed by atoms with Gasteiger partial charge in [-0.05, 0) is 36.9 Å². The summed E-state index contributed by atoms with van der Waals surface area (Å²) in [6.07, 6.45) is 13.5. The summed E-state index contributed by atoms with van der Waals surface area (Å²) in [5, 5.41) is 0. The molecule has 0 amide bonds. The minimum Gasteiger partial charge on any atom is -0.244 e. The lowest BCUT2D eigenvalue weighted by Crippen LogP contribution is -2.18. The van der Waals surface area contributed by atoms with E-state index in [1.54, 1.807) is 0 Å². The Morgan fingerprint density at radius 1 is 0.840 bits per heavy atom. The highest BCUT2D eigenvalue weighted by Gasteiger charge is 2.11. The van der Waals surface area contributed by atoms with E-state index in [4.69, 9.17) is 4.98 Å². The first-order valence-electron chi connectivity index (χ1n) is 10.1. The number of thiazole rings is 1. The number of rotatable bonds is 14. The van der Waals surface area contributed by atoms with E-state index in [9.17, 15) is 0 Å². The lowest BCUT2D eigenvalue weighted by molar-refractivity contribution is 0.425. The van der Waals surface area contributed by atoms with Crippen molar-refractivity contribution < 1.29 is 0 Å². The molecule has 0 aliphatic carbocycles. The van der Waals surface area contributed by atoms with Gasteiger partial charge in [0.1, 0.15) is 0 Å². The molecule has 0 aliphatic rings. The number of aromatic nitrogens is 1. The van der Waals surface area contributed by atoms with Crippen LogP contribution in [0.1, 0.15) is 78.1 Å². The van der Waals surface area contributed by atoms with Crippen molar-refractivity contribution in [3.8, 4) is 0 Å². The highest BCUT2D eigenvalue weighted by Crippen LogP contribution is 2.32. The fraction of sp³-hybridized carbons (Fsp3) is 0.667. The Bertz CT molecular complexity index is 535. The fourth-order valence-electron chi connectivity index (χ4n) is 2.99. The molecule has 2 aromatic rings.